The summed E-state index contributed by atoms with van der Waals surface area (Å²) in [6, 6.07) is 0. The number of hydrogen-bond donors (Lipinski definition) is 1. The van der Waals surface area contributed by atoms with E-state index < -0.39 is 11.5 Å². The van der Waals surface area contributed by atoms with E-state index in [9.17, 15) is 4.79 Å². The van der Waals surface area contributed by atoms with Crippen LogP contribution >= 0.6 is 45.2 Å². The van der Waals surface area contributed by atoms with Gasteiger partial charge in [-0.3, -0.25) is 4.79 Å². The second kappa shape index (κ2) is 5.63. The van der Waals surface area contributed by atoms with Crippen molar-refractivity contribution in [2.45, 2.75) is 25.4 Å². The van der Waals surface area contributed by atoms with Crippen molar-refractivity contribution < 1.29 is 9.53 Å². The van der Waals surface area contributed by atoms with Crippen molar-refractivity contribution >= 4 is 51.2 Å². The zero-order valence-electron chi connectivity index (χ0n) is 9.04. The molecule has 0 aromatic carbocycles. The molecule has 1 unspecified atom stereocenters. The van der Waals surface area contributed by atoms with Gasteiger partial charge >= 0.3 is 5.97 Å². The highest BCUT2D eigenvalue weighted by atomic mass is 127. The van der Waals surface area contributed by atoms with E-state index in [-0.39, 0.29) is 0 Å². The van der Waals surface area contributed by atoms with Gasteiger partial charge in [0.05, 0.1) is 13.4 Å². The van der Waals surface area contributed by atoms with Crippen molar-refractivity contribution in [3.63, 3.8) is 0 Å². The molecule has 0 aliphatic heterocycles. The zero-order valence-corrected chi connectivity index (χ0v) is 13.4. The Morgan fingerprint density at radius 3 is 2.75 bits per heavy atom. The summed E-state index contributed by atoms with van der Waals surface area (Å²) >= 11 is 4.38. The lowest BCUT2D eigenvalue weighted by molar-refractivity contribution is -0.146. The molecule has 0 spiro atoms. The van der Waals surface area contributed by atoms with E-state index in [2.05, 4.69) is 54.9 Å². The van der Waals surface area contributed by atoms with Gasteiger partial charge in [0.25, 0.3) is 0 Å². The van der Waals surface area contributed by atoms with Crippen LogP contribution in [0.3, 0.4) is 0 Å². The van der Waals surface area contributed by atoms with Crippen LogP contribution in [-0.2, 0) is 16.1 Å². The summed E-state index contributed by atoms with van der Waals surface area (Å²) < 4.78 is 8.62. The number of rotatable bonds is 4. The molecule has 1 rings (SSSR count). The molecule has 1 heterocycles. The monoisotopic (exact) mass is 449 g/mol. The summed E-state index contributed by atoms with van der Waals surface area (Å²) in [5.41, 5.74) is 4.91. The average molecular weight is 449 g/mol. The summed E-state index contributed by atoms with van der Waals surface area (Å²) in [6.07, 6.45) is 2.26. The van der Waals surface area contributed by atoms with E-state index in [4.69, 9.17) is 5.73 Å². The molecule has 2 N–H and O–H groups in total. The smallest absolute Gasteiger partial charge is 0.325 e. The van der Waals surface area contributed by atoms with Gasteiger partial charge in [0.15, 0.2) is 0 Å². The van der Waals surface area contributed by atoms with E-state index in [1.165, 1.54) is 7.11 Å². The minimum atomic E-state index is -0.951. The molecule has 90 valence electrons. The van der Waals surface area contributed by atoms with Crippen LogP contribution in [-0.4, -0.2) is 28.2 Å². The maximum Gasteiger partial charge on any atom is 0.325 e. The van der Waals surface area contributed by atoms with E-state index in [1.807, 2.05) is 4.57 Å². The predicted octanol–water partition coefficient (Wildman–Crippen LogP) is 1.37. The Labute approximate surface area is 121 Å². The molecule has 0 bridgehead atoms. The molecule has 0 fully saturated rings. The third kappa shape index (κ3) is 3.29. The second-order valence-corrected chi connectivity index (χ2v) is 5.72. The number of halogens is 2. The van der Waals surface area contributed by atoms with Gasteiger partial charge in [-0.05, 0) is 58.5 Å². The van der Waals surface area contributed by atoms with E-state index in [0.29, 0.717) is 13.0 Å². The molecule has 0 radical (unpaired) electrons. The molecule has 1 aromatic rings. The van der Waals surface area contributed by atoms with Gasteiger partial charge in [0.2, 0.25) is 0 Å². The van der Waals surface area contributed by atoms with Crippen LogP contribution in [0.1, 0.15) is 13.3 Å². The highest BCUT2D eigenvalue weighted by Crippen LogP contribution is 2.16. The van der Waals surface area contributed by atoms with Gasteiger partial charge in [-0.25, -0.2) is 4.98 Å². The van der Waals surface area contributed by atoms with Crippen molar-refractivity contribution in [3.8, 4) is 0 Å². The lowest BCUT2D eigenvalue weighted by Crippen LogP contribution is -2.46. The molecule has 5 nitrogen and oxygen atoms in total. The summed E-state index contributed by atoms with van der Waals surface area (Å²) in [4.78, 5) is 15.5. The maximum atomic E-state index is 11.4. The molecule has 0 saturated heterocycles. The maximum absolute atomic E-state index is 11.4. The average Bonchev–Trinajstić information content (AvgIpc) is 2.56. The van der Waals surface area contributed by atoms with E-state index in [1.54, 1.807) is 13.3 Å². The lowest BCUT2D eigenvalue weighted by Gasteiger charge is -2.21. The number of carbonyl (C=O) groups excluding carboxylic acids is 1. The van der Waals surface area contributed by atoms with Crippen LogP contribution in [0, 0.1) is 7.40 Å². The standard InChI is InChI=1S/C9H13I2N3O2/c1-9(12,8(15)16-2)3-4-14-5-13-6(10)7(14)11/h5H,3-4,12H2,1-2H3. The largest absolute Gasteiger partial charge is 0.468 e. The number of ether oxygens (including phenoxy) is 1. The molecular weight excluding hydrogens is 436 g/mol. The Hall–Kier alpha value is 0.100. The Bertz CT molecular complexity index is 390. The highest BCUT2D eigenvalue weighted by Gasteiger charge is 2.29. The molecule has 1 atom stereocenters. The highest BCUT2D eigenvalue weighted by molar-refractivity contribution is 14.1. The van der Waals surface area contributed by atoms with Crippen LogP contribution in [0.5, 0.6) is 0 Å². The minimum Gasteiger partial charge on any atom is -0.468 e. The van der Waals surface area contributed by atoms with Gasteiger partial charge in [-0.1, -0.05) is 0 Å². The fourth-order valence-electron chi connectivity index (χ4n) is 1.19. The first kappa shape index (κ1) is 14.2. The molecule has 0 amide bonds. The zero-order chi connectivity index (χ0) is 12.3. The summed E-state index contributed by atoms with van der Waals surface area (Å²) in [6.45, 7) is 2.32. The number of hydrogen-bond acceptors (Lipinski definition) is 4. The lowest BCUT2D eigenvalue weighted by atomic mass is 10.00. The van der Waals surface area contributed by atoms with Gasteiger partial charge in [0, 0.05) is 6.54 Å². The summed E-state index contributed by atoms with van der Waals surface area (Å²) in [5.74, 6) is -0.391. The van der Waals surface area contributed by atoms with Gasteiger partial charge in [-0.2, -0.15) is 0 Å². The summed E-state index contributed by atoms with van der Waals surface area (Å²) in [5, 5.41) is 0. The molecule has 0 aliphatic rings. The van der Waals surface area contributed by atoms with Crippen molar-refractivity contribution in [3.05, 3.63) is 13.7 Å². The molecule has 0 saturated carbocycles. The third-order valence-electron chi connectivity index (χ3n) is 2.26. The first-order valence-electron chi connectivity index (χ1n) is 4.62. The van der Waals surface area contributed by atoms with Gasteiger partial charge < -0.3 is 15.0 Å². The number of nitrogens with zero attached hydrogens (tertiary/aromatic N) is 2. The SMILES string of the molecule is COC(=O)C(C)(N)CCn1cnc(I)c1I. The van der Waals surface area contributed by atoms with Crippen molar-refractivity contribution in [1.29, 1.82) is 0 Å². The number of aromatic nitrogens is 2. The molecule has 16 heavy (non-hydrogen) atoms. The van der Waals surface area contributed by atoms with E-state index >= 15 is 0 Å². The topological polar surface area (TPSA) is 70.1 Å². The normalized spacial score (nSPS) is 14.6. The number of carbonyl (C=O) groups is 1. The first-order chi connectivity index (χ1) is 7.38. The van der Waals surface area contributed by atoms with Crippen LogP contribution in [0.25, 0.3) is 0 Å². The van der Waals surface area contributed by atoms with Crippen LogP contribution in [0.15, 0.2) is 6.33 Å². The first-order valence-corrected chi connectivity index (χ1v) is 6.77. The van der Waals surface area contributed by atoms with E-state index in [0.717, 1.165) is 7.40 Å². The van der Waals surface area contributed by atoms with Crippen LogP contribution in [0.4, 0.5) is 0 Å². The Kier molecular flexibility index (Phi) is 4.98. The number of imidazole rings is 1. The fourth-order valence-corrected chi connectivity index (χ4v) is 2.13. The number of nitrogens with two attached hydrogens (primary N) is 1. The van der Waals surface area contributed by atoms with Gasteiger partial charge in [-0.15, -0.1) is 0 Å². The predicted molar refractivity (Wildman–Crippen MR) is 76.9 cm³/mol. The quantitative estimate of drug-likeness (QED) is 0.558. The van der Waals surface area contributed by atoms with Gasteiger partial charge in [0.1, 0.15) is 12.9 Å². The second-order valence-electron chi connectivity index (χ2n) is 3.68. The molecular formula is C9H13I2N3O2. The third-order valence-corrected chi connectivity index (χ3v) is 5.21. The molecule has 7 heteroatoms. The van der Waals surface area contributed by atoms with Crippen molar-refractivity contribution in [1.82, 2.24) is 9.55 Å². The van der Waals surface area contributed by atoms with Crippen molar-refractivity contribution in [2.24, 2.45) is 5.73 Å². The number of aryl methyl sites for hydroxylation is 1. The Balaban J connectivity index is 2.64. The molecule has 1 aromatic heterocycles. The fraction of sp³-hybridized carbons (Fsp3) is 0.556. The summed E-state index contributed by atoms with van der Waals surface area (Å²) in [7, 11) is 1.34. The van der Waals surface area contributed by atoms with Crippen molar-refractivity contribution in [2.75, 3.05) is 7.11 Å². The Morgan fingerprint density at radius 1 is 1.69 bits per heavy atom. The minimum absolute atomic E-state index is 0.391. The van der Waals surface area contributed by atoms with Crippen LogP contribution in [0.2, 0.25) is 0 Å². The number of methoxy groups -OCH3 is 1. The number of esters is 1. The van der Waals surface area contributed by atoms with Crippen LogP contribution < -0.4 is 5.73 Å². The molecule has 0 aliphatic carbocycles. The Morgan fingerprint density at radius 2 is 2.31 bits per heavy atom.